The summed E-state index contributed by atoms with van der Waals surface area (Å²) in [6.45, 7) is 5.91. The zero-order valence-electron chi connectivity index (χ0n) is 7.35. The van der Waals surface area contributed by atoms with E-state index in [1.54, 1.807) is 0 Å². The molecule has 0 aromatic carbocycles. The summed E-state index contributed by atoms with van der Waals surface area (Å²) >= 11 is 5.66. The number of nitrogens with zero attached hydrogens (tertiary/aromatic N) is 1. The van der Waals surface area contributed by atoms with Gasteiger partial charge in [-0.2, -0.15) is 0 Å². The summed E-state index contributed by atoms with van der Waals surface area (Å²) < 4.78 is 0. The van der Waals surface area contributed by atoms with Crippen molar-refractivity contribution in [2.45, 2.75) is 26.2 Å². The van der Waals surface area contributed by atoms with Gasteiger partial charge in [-0.1, -0.05) is 13.3 Å². The van der Waals surface area contributed by atoms with Crippen LogP contribution < -0.4 is 0 Å². The third kappa shape index (κ3) is 3.00. The van der Waals surface area contributed by atoms with Crippen LogP contribution in [0.15, 0.2) is 0 Å². The standard InChI is InChI=1S/C9H18ClN/c1-2-9-3-6-11(7-4-9)8-5-10/h9H,2-8H2,1H3. The lowest BCUT2D eigenvalue weighted by molar-refractivity contribution is 0.191. The maximum atomic E-state index is 5.66. The van der Waals surface area contributed by atoms with Crippen molar-refractivity contribution in [3.05, 3.63) is 0 Å². The summed E-state index contributed by atoms with van der Waals surface area (Å²) in [5.74, 6) is 1.78. The highest BCUT2D eigenvalue weighted by Gasteiger charge is 2.16. The fourth-order valence-corrected chi connectivity index (χ4v) is 1.98. The van der Waals surface area contributed by atoms with Crippen molar-refractivity contribution >= 4 is 11.6 Å². The van der Waals surface area contributed by atoms with E-state index in [1.165, 1.54) is 32.4 Å². The van der Waals surface area contributed by atoms with Gasteiger partial charge in [-0.05, 0) is 31.8 Å². The van der Waals surface area contributed by atoms with E-state index in [-0.39, 0.29) is 0 Å². The molecule has 0 aliphatic carbocycles. The van der Waals surface area contributed by atoms with E-state index in [0.29, 0.717) is 0 Å². The van der Waals surface area contributed by atoms with Gasteiger partial charge in [0.25, 0.3) is 0 Å². The number of piperidine rings is 1. The van der Waals surface area contributed by atoms with Crippen molar-refractivity contribution < 1.29 is 0 Å². The van der Waals surface area contributed by atoms with E-state index < -0.39 is 0 Å². The third-order valence-electron chi connectivity index (χ3n) is 2.69. The molecule has 0 aromatic heterocycles. The number of likely N-dealkylation sites (tertiary alicyclic amines) is 1. The van der Waals surface area contributed by atoms with Gasteiger partial charge in [0.2, 0.25) is 0 Å². The first-order valence-corrected chi connectivity index (χ1v) is 5.18. The van der Waals surface area contributed by atoms with Crippen LogP contribution in [-0.2, 0) is 0 Å². The Morgan fingerprint density at radius 1 is 1.36 bits per heavy atom. The molecule has 0 bridgehead atoms. The molecule has 1 rings (SSSR count). The van der Waals surface area contributed by atoms with Crippen LogP contribution in [0.2, 0.25) is 0 Å². The van der Waals surface area contributed by atoms with E-state index >= 15 is 0 Å². The van der Waals surface area contributed by atoms with Gasteiger partial charge in [-0.25, -0.2) is 0 Å². The van der Waals surface area contributed by atoms with Gasteiger partial charge in [0.1, 0.15) is 0 Å². The van der Waals surface area contributed by atoms with Crippen LogP contribution in [0.3, 0.4) is 0 Å². The lowest BCUT2D eigenvalue weighted by Crippen LogP contribution is -2.34. The van der Waals surface area contributed by atoms with Gasteiger partial charge in [0.05, 0.1) is 0 Å². The van der Waals surface area contributed by atoms with Gasteiger partial charge in [-0.15, -0.1) is 11.6 Å². The van der Waals surface area contributed by atoms with Gasteiger partial charge in [0.15, 0.2) is 0 Å². The predicted octanol–water partition coefficient (Wildman–Crippen LogP) is 2.35. The third-order valence-corrected chi connectivity index (χ3v) is 2.85. The summed E-state index contributed by atoms with van der Waals surface area (Å²) in [6.07, 6.45) is 4.12. The molecule has 0 amide bonds. The second-order valence-electron chi connectivity index (χ2n) is 3.38. The maximum Gasteiger partial charge on any atom is 0.0351 e. The predicted molar refractivity (Wildman–Crippen MR) is 50.2 cm³/mol. The maximum absolute atomic E-state index is 5.66. The fraction of sp³-hybridized carbons (Fsp3) is 1.00. The zero-order valence-corrected chi connectivity index (χ0v) is 8.11. The Kier molecular flexibility index (Phi) is 4.24. The topological polar surface area (TPSA) is 3.24 Å². The van der Waals surface area contributed by atoms with Crippen LogP contribution >= 0.6 is 11.6 Å². The molecule has 2 heteroatoms. The van der Waals surface area contributed by atoms with E-state index in [1.807, 2.05) is 0 Å². The second kappa shape index (κ2) is 5.00. The summed E-state index contributed by atoms with van der Waals surface area (Å²) in [5, 5.41) is 0. The summed E-state index contributed by atoms with van der Waals surface area (Å²) in [5.41, 5.74) is 0. The Morgan fingerprint density at radius 2 is 2.00 bits per heavy atom. The molecular weight excluding hydrogens is 158 g/mol. The Bertz CT molecular complexity index is 97.7. The first kappa shape index (κ1) is 9.34. The number of hydrogen-bond acceptors (Lipinski definition) is 1. The van der Waals surface area contributed by atoms with Crippen LogP contribution in [-0.4, -0.2) is 30.4 Å². The second-order valence-corrected chi connectivity index (χ2v) is 3.76. The number of alkyl halides is 1. The summed E-state index contributed by atoms with van der Waals surface area (Å²) in [4.78, 5) is 2.47. The van der Waals surface area contributed by atoms with Crippen LogP contribution in [0.4, 0.5) is 0 Å². The molecule has 0 saturated carbocycles. The smallest absolute Gasteiger partial charge is 0.0351 e. The molecule has 0 spiro atoms. The number of hydrogen-bond donors (Lipinski definition) is 0. The zero-order chi connectivity index (χ0) is 8.10. The number of halogens is 1. The Labute approximate surface area is 74.7 Å². The molecule has 0 unspecified atom stereocenters. The number of rotatable bonds is 3. The molecule has 11 heavy (non-hydrogen) atoms. The van der Waals surface area contributed by atoms with Crippen molar-refractivity contribution in [1.29, 1.82) is 0 Å². The van der Waals surface area contributed by atoms with E-state index in [0.717, 1.165) is 18.3 Å². The average molecular weight is 176 g/mol. The largest absolute Gasteiger partial charge is 0.302 e. The van der Waals surface area contributed by atoms with Crippen LogP contribution in [0.5, 0.6) is 0 Å². The minimum Gasteiger partial charge on any atom is -0.302 e. The monoisotopic (exact) mass is 175 g/mol. The highest BCUT2D eigenvalue weighted by Crippen LogP contribution is 2.19. The Hall–Kier alpha value is 0.250. The van der Waals surface area contributed by atoms with Gasteiger partial charge in [0, 0.05) is 12.4 Å². The van der Waals surface area contributed by atoms with Gasteiger partial charge < -0.3 is 4.90 Å². The molecule has 0 N–H and O–H groups in total. The summed E-state index contributed by atoms with van der Waals surface area (Å²) in [7, 11) is 0. The first-order valence-electron chi connectivity index (χ1n) is 4.65. The molecule has 0 atom stereocenters. The quantitative estimate of drug-likeness (QED) is 0.596. The lowest BCUT2D eigenvalue weighted by Gasteiger charge is -2.30. The minimum atomic E-state index is 0.788. The van der Waals surface area contributed by atoms with E-state index in [2.05, 4.69) is 11.8 Å². The normalized spacial score (nSPS) is 22.4. The van der Waals surface area contributed by atoms with Crippen LogP contribution in [0, 0.1) is 5.92 Å². The SMILES string of the molecule is CCC1CCN(CCCl)CC1. The molecule has 0 radical (unpaired) electrons. The van der Waals surface area contributed by atoms with Gasteiger partial charge in [-0.3, -0.25) is 0 Å². The summed E-state index contributed by atoms with van der Waals surface area (Å²) in [6, 6.07) is 0. The van der Waals surface area contributed by atoms with Gasteiger partial charge >= 0.3 is 0 Å². The van der Waals surface area contributed by atoms with Crippen molar-refractivity contribution in [2.75, 3.05) is 25.5 Å². The van der Waals surface area contributed by atoms with Crippen LogP contribution in [0.25, 0.3) is 0 Å². The molecule has 1 aliphatic rings. The van der Waals surface area contributed by atoms with Crippen LogP contribution in [0.1, 0.15) is 26.2 Å². The molecule has 1 fully saturated rings. The molecular formula is C9H18ClN. The van der Waals surface area contributed by atoms with E-state index in [9.17, 15) is 0 Å². The highest BCUT2D eigenvalue weighted by atomic mass is 35.5. The molecule has 66 valence electrons. The Balaban J connectivity index is 2.14. The average Bonchev–Trinajstić information content (AvgIpc) is 2.07. The van der Waals surface area contributed by atoms with Crippen molar-refractivity contribution in [3.8, 4) is 0 Å². The molecule has 1 nitrogen and oxygen atoms in total. The molecule has 1 saturated heterocycles. The van der Waals surface area contributed by atoms with Crippen molar-refractivity contribution in [3.63, 3.8) is 0 Å². The van der Waals surface area contributed by atoms with E-state index in [4.69, 9.17) is 11.6 Å². The first-order chi connectivity index (χ1) is 5.36. The van der Waals surface area contributed by atoms with Crippen molar-refractivity contribution in [1.82, 2.24) is 4.90 Å². The van der Waals surface area contributed by atoms with Crippen molar-refractivity contribution in [2.24, 2.45) is 5.92 Å². The fourth-order valence-electron chi connectivity index (χ4n) is 1.74. The molecule has 1 aliphatic heterocycles. The Morgan fingerprint density at radius 3 is 2.45 bits per heavy atom. The molecule has 0 aromatic rings. The minimum absolute atomic E-state index is 0.788. The highest BCUT2D eigenvalue weighted by molar-refractivity contribution is 6.18. The lowest BCUT2D eigenvalue weighted by atomic mass is 9.94. The molecule has 1 heterocycles.